The summed E-state index contributed by atoms with van der Waals surface area (Å²) in [4.78, 5) is 26.5. The average Bonchev–Trinajstić information content (AvgIpc) is 3.66. The highest BCUT2D eigenvalue weighted by molar-refractivity contribution is 7.07. The van der Waals surface area contributed by atoms with E-state index in [-0.39, 0.29) is 22.3 Å². The van der Waals surface area contributed by atoms with Crippen LogP contribution in [0.15, 0.2) is 98.8 Å². The van der Waals surface area contributed by atoms with Crippen molar-refractivity contribution in [1.82, 2.24) is 9.88 Å². The van der Waals surface area contributed by atoms with Crippen molar-refractivity contribution >= 4 is 40.5 Å². The zero-order valence-corrected chi connectivity index (χ0v) is 20.8. The smallest absolute Gasteiger partial charge is 0.273 e. The van der Waals surface area contributed by atoms with Gasteiger partial charge in [0, 0.05) is 16.7 Å². The summed E-state index contributed by atoms with van der Waals surface area (Å²) in [5.74, 6) is 1.00. The number of carbonyl (C=O) groups is 1. The molecule has 0 saturated carbocycles. The highest BCUT2D eigenvalue weighted by atomic mass is 35.5. The molecule has 1 N–H and O–H groups in total. The fourth-order valence-corrected chi connectivity index (χ4v) is 4.86. The summed E-state index contributed by atoms with van der Waals surface area (Å²) in [6.45, 7) is 0.108. The number of rotatable bonds is 6. The molecule has 5 rings (SSSR count). The lowest BCUT2D eigenvalue weighted by atomic mass is 10.2. The van der Waals surface area contributed by atoms with Crippen LogP contribution in [0.4, 0.5) is 0 Å². The third kappa shape index (κ3) is 5.19. The predicted molar refractivity (Wildman–Crippen MR) is 141 cm³/mol. The van der Waals surface area contributed by atoms with Crippen molar-refractivity contribution in [3.8, 4) is 23.1 Å². The van der Waals surface area contributed by atoms with E-state index in [0.717, 1.165) is 16.9 Å². The molecule has 0 saturated heterocycles. The van der Waals surface area contributed by atoms with Crippen LogP contribution in [0.2, 0.25) is 5.02 Å². The fraction of sp³-hybridized carbons (Fsp3) is 0.0357. The van der Waals surface area contributed by atoms with Gasteiger partial charge in [-0.15, -0.1) is 11.3 Å². The first-order valence-electron chi connectivity index (χ1n) is 11.1. The van der Waals surface area contributed by atoms with E-state index in [1.165, 1.54) is 10.8 Å². The van der Waals surface area contributed by atoms with Gasteiger partial charge in [0.05, 0.1) is 23.0 Å². The van der Waals surface area contributed by atoms with Crippen molar-refractivity contribution in [3.63, 3.8) is 0 Å². The van der Waals surface area contributed by atoms with Crippen LogP contribution in [0.25, 0.3) is 28.7 Å². The van der Waals surface area contributed by atoms with Crippen molar-refractivity contribution < 1.29 is 13.6 Å². The molecule has 2 aromatic carbocycles. The lowest BCUT2D eigenvalue weighted by Gasteiger charge is -2.04. The monoisotopic (exact) mass is 527 g/mol. The Morgan fingerprint density at radius 1 is 1.05 bits per heavy atom. The lowest BCUT2D eigenvalue weighted by Crippen LogP contribution is -2.33. The molecule has 0 bridgehead atoms. The van der Waals surface area contributed by atoms with Crippen molar-refractivity contribution in [2.75, 3.05) is 0 Å². The molecule has 0 atom stereocenters. The lowest BCUT2D eigenvalue weighted by molar-refractivity contribution is -0.115. The molecule has 3 aromatic heterocycles. The first-order valence-corrected chi connectivity index (χ1v) is 12.3. The predicted octanol–water partition coefficient (Wildman–Crippen LogP) is 4.22. The van der Waals surface area contributed by atoms with Gasteiger partial charge in [-0.3, -0.25) is 14.2 Å². The van der Waals surface area contributed by atoms with Crippen LogP contribution < -0.4 is 20.1 Å². The first-order chi connectivity index (χ1) is 18.0. The van der Waals surface area contributed by atoms with E-state index in [9.17, 15) is 14.9 Å². The quantitative estimate of drug-likeness (QED) is 0.356. The molecule has 0 spiro atoms. The number of benzene rings is 2. The number of hydrogen-bond acceptors (Lipinski definition) is 6. The largest absolute Gasteiger partial charge is 0.467 e. The summed E-state index contributed by atoms with van der Waals surface area (Å²) in [7, 11) is 0. The van der Waals surface area contributed by atoms with Crippen LogP contribution in [-0.2, 0) is 11.3 Å². The number of halogens is 1. The minimum Gasteiger partial charge on any atom is -0.467 e. The number of nitrogens with zero attached hydrogens (tertiary/aromatic N) is 2. The minimum absolute atomic E-state index is 0.108. The third-order valence-electron chi connectivity index (χ3n) is 5.42. The van der Waals surface area contributed by atoms with Gasteiger partial charge < -0.3 is 14.2 Å². The molecular formula is C28H18ClN3O4S. The summed E-state index contributed by atoms with van der Waals surface area (Å²) in [5, 5.41) is 13.2. The van der Waals surface area contributed by atoms with Crippen molar-refractivity contribution in [2.24, 2.45) is 0 Å². The van der Waals surface area contributed by atoms with Crippen molar-refractivity contribution in [1.29, 1.82) is 5.26 Å². The number of nitrogens with one attached hydrogen (secondary N) is 1. The number of carbonyl (C=O) groups excluding carboxylic acids is 1. The van der Waals surface area contributed by atoms with Gasteiger partial charge in [-0.25, -0.2) is 0 Å². The number of amides is 1. The second-order valence-corrected chi connectivity index (χ2v) is 9.32. The molecule has 0 unspecified atom stereocenters. The topological polar surface area (TPSA) is 101 Å². The Morgan fingerprint density at radius 2 is 1.84 bits per heavy atom. The van der Waals surface area contributed by atoms with Gasteiger partial charge in [0.25, 0.3) is 11.5 Å². The zero-order valence-electron chi connectivity index (χ0n) is 19.2. The van der Waals surface area contributed by atoms with Gasteiger partial charge in [-0.05, 0) is 60.7 Å². The standard InChI is InChI=1S/C28H18ClN3O4S/c29-19-10-8-18(9-11-19)24-13-12-21(36-24)15-25-27(34)32(20-5-2-1-3-6-20)28(37-25)23(16-30)26(33)31-17-22-7-4-14-35-22/h1-15H,17H2,(H,31,33)/b25-15+,28-23-. The molecule has 37 heavy (non-hydrogen) atoms. The Kier molecular flexibility index (Phi) is 6.90. The van der Waals surface area contributed by atoms with E-state index in [4.69, 9.17) is 20.4 Å². The van der Waals surface area contributed by atoms with Gasteiger partial charge in [-0.2, -0.15) is 5.26 Å². The Balaban J connectivity index is 1.61. The number of para-hydroxylation sites is 1. The molecule has 0 radical (unpaired) electrons. The van der Waals surface area contributed by atoms with Crippen LogP contribution in [-0.4, -0.2) is 10.5 Å². The van der Waals surface area contributed by atoms with E-state index >= 15 is 0 Å². The Bertz CT molecular complexity index is 1770. The van der Waals surface area contributed by atoms with E-state index < -0.39 is 5.91 Å². The highest BCUT2D eigenvalue weighted by Gasteiger charge is 2.17. The van der Waals surface area contributed by atoms with Crippen molar-refractivity contribution in [2.45, 2.75) is 6.54 Å². The van der Waals surface area contributed by atoms with E-state index in [2.05, 4.69) is 5.32 Å². The summed E-state index contributed by atoms with van der Waals surface area (Å²) in [6, 6.07) is 25.0. The molecule has 0 fully saturated rings. The average molecular weight is 528 g/mol. The molecular weight excluding hydrogens is 510 g/mol. The maximum atomic E-state index is 13.5. The Morgan fingerprint density at radius 3 is 2.54 bits per heavy atom. The fourth-order valence-electron chi connectivity index (χ4n) is 3.66. The minimum atomic E-state index is -0.612. The number of thiazole rings is 1. The summed E-state index contributed by atoms with van der Waals surface area (Å²) in [6.07, 6.45) is 3.10. The van der Waals surface area contributed by atoms with Crippen LogP contribution in [0.5, 0.6) is 0 Å². The molecule has 0 aliphatic heterocycles. The molecule has 0 aliphatic rings. The second-order valence-electron chi connectivity index (χ2n) is 7.85. The van der Waals surface area contributed by atoms with Gasteiger partial charge in [0.2, 0.25) is 0 Å². The maximum Gasteiger partial charge on any atom is 0.273 e. The van der Waals surface area contributed by atoms with Gasteiger partial charge >= 0.3 is 0 Å². The summed E-state index contributed by atoms with van der Waals surface area (Å²) < 4.78 is 13.1. The van der Waals surface area contributed by atoms with Crippen LogP contribution in [0.3, 0.4) is 0 Å². The number of furan rings is 2. The Hall–Kier alpha value is -4.58. The molecule has 3 heterocycles. The molecule has 0 aliphatic carbocycles. The first kappa shape index (κ1) is 24.1. The SMILES string of the molecule is N#C/C(C(=O)NCc1ccco1)=c1/s/c(=C/c2ccc(-c3ccc(Cl)cc3)o2)c(=O)n1-c1ccccc1. The molecule has 5 aromatic rings. The second kappa shape index (κ2) is 10.6. The summed E-state index contributed by atoms with van der Waals surface area (Å²) >= 11 is 7.01. The summed E-state index contributed by atoms with van der Waals surface area (Å²) in [5.41, 5.74) is 0.818. The number of hydrogen-bond donors (Lipinski definition) is 1. The van der Waals surface area contributed by atoms with Crippen molar-refractivity contribution in [3.05, 3.63) is 121 Å². The van der Waals surface area contributed by atoms with Crippen LogP contribution >= 0.6 is 22.9 Å². The Labute approximate surface area is 219 Å². The normalized spacial score (nSPS) is 12.3. The number of nitriles is 1. The van der Waals surface area contributed by atoms with E-state index in [0.29, 0.717) is 32.5 Å². The van der Waals surface area contributed by atoms with Gasteiger partial charge in [0.15, 0.2) is 5.57 Å². The maximum absolute atomic E-state index is 13.5. The van der Waals surface area contributed by atoms with Crippen LogP contribution in [0, 0.1) is 11.3 Å². The number of aromatic nitrogens is 1. The zero-order chi connectivity index (χ0) is 25.8. The van der Waals surface area contributed by atoms with E-state index in [1.807, 2.05) is 24.3 Å². The molecule has 7 nitrogen and oxygen atoms in total. The molecule has 1 amide bonds. The van der Waals surface area contributed by atoms with Gasteiger partial charge in [0.1, 0.15) is 28.0 Å². The molecule has 182 valence electrons. The van der Waals surface area contributed by atoms with Gasteiger partial charge in [-0.1, -0.05) is 29.8 Å². The highest BCUT2D eigenvalue weighted by Crippen LogP contribution is 2.24. The van der Waals surface area contributed by atoms with Crippen LogP contribution in [0.1, 0.15) is 11.5 Å². The third-order valence-corrected chi connectivity index (χ3v) is 6.77. The van der Waals surface area contributed by atoms with E-state index in [1.54, 1.807) is 66.7 Å². The molecule has 9 heteroatoms.